The van der Waals surface area contributed by atoms with Crippen LogP contribution in [0.2, 0.25) is 0 Å². The van der Waals surface area contributed by atoms with E-state index in [0.29, 0.717) is 18.5 Å². The van der Waals surface area contributed by atoms with Crippen molar-refractivity contribution in [2.24, 2.45) is 5.73 Å². The van der Waals surface area contributed by atoms with Gasteiger partial charge in [0.1, 0.15) is 24.2 Å². The van der Waals surface area contributed by atoms with Crippen LogP contribution in [-0.2, 0) is 25.6 Å². The van der Waals surface area contributed by atoms with Gasteiger partial charge in [-0.25, -0.2) is 9.78 Å². The van der Waals surface area contributed by atoms with Crippen molar-refractivity contribution in [1.29, 1.82) is 0 Å². The van der Waals surface area contributed by atoms with E-state index in [4.69, 9.17) is 10.8 Å². The third kappa shape index (κ3) is 5.93. The lowest BCUT2D eigenvalue weighted by atomic mass is 10.1. The SMILES string of the molecule is NC(CO)C(=O)NC(Cc1cnc[nH]1)C(=O)NC(CS)C(=O)N1CCCC1C(=O)O. The topological polar surface area (TPSA) is 191 Å². The number of nitrogens with one attached hydrogen (secondary N) is 3. The Morgan fingerprint density at radius 1 is 1.30 bits per heavy atom. The molecule has 1 saturated heterocycles. The lowest BCUT2D eigenvalue weighted by Gasteiger charge is -2.28. The number of hydrogen-bond acceptors (Lipinski definition) is 8. The number of thiol groups is 1. The molecule has 3 amide bonds. The molecule has 1 aromatic heterocycles. The molecule has 2 heterocycles. The van der Waals surface area contributed by atoms with Gasteiger partial charge in [-0.3, -0.25) is 14.4 Å². The molecule has 1 aliphatic heterocycles. The van der Waals surface area contributed by atoms with E-state index in [1.54, 1.807) is 0 Å². The first kappa shape index (κ1) is 23.6. The maximum atomic E-state index is 12.8. The minimum atomic E-state index is -1.22. The molecule has 13 heteroatoms. The smallest absolute Gasteiger partial charge is 0.326 e. The Morgan fingerprint density at radius 2 is 2.00 bits per heavy atom. The normalized spacial score (nSPS) is 19.0. The molecule has 4 unspecified atom stereocenters. The van der Waals surface area contributed by atoms with Gasteiger partial charge in [0.15, 0.2) is 0 Å². The summed E-state index contributed by atoms with van der Waals surface area (Å²) in [6.45, 7) is -0.330. The molecule has 0 bridgehead atoms. The number of aromatic nitrogens is 2. The predicted molar refractivity (Wildman–Crippen MR) is 107 cm³/mol. The number of rotatable bonds is 10. The van der Waals surface area contributed by atoms with Crippen molar-refractivity contribution in [3.05, 3.63) is 18.2 Å². The molecule has 1 aliphatic rings. The molecule has 12 nitrogen and oxygen atoms in total. The van der Waals surface area contributed by atoms with E-state index in [1.165, 1.54) is 17.4 Å². The number of carboxylic acid groups (broad SMARTS) is 1. The van der Waals surface area contributed by atoms with E-state index in [-0.39, 0.29) is 18.7 Å². The third-order valence-corrected chi connectivity index (χ3v) is 5.13. The minimum absolute atomic E-state index is 0.0324. The number of hydrogen-bond donors (Lipinski definition) is 7. The number of nitrogens with two attached hydrogens (primary N) is 1. The fourth-order valence-corrected chi connectivity index (χ4v) is 3.38. The summed E-state index contributed by atoms with van der Waals surface area (Å²) in [5, 5.41) is 23.3. The standard InChI is InChI=1S/C17H26N6O6S/c18-10(6-24)14(25)21-11(4-9-5-19-8-20-9)15(26)22-12(7-30)16(27)23-3-1-2-13(23)17(28)29/h5,8,10-13,24,30H,1-4,6-7,18H2,(H,19,20)(H,21,25)(H,22,26)(H,28,29). The summed E-state index contributed by atoms with van der Waals surface area (Å²) in [5.41, 5.74) is 6.05. The Kier molecular flexibility index (Phi) is 8.62. The first-order valence-electron chi connectivity index (χ1n) is 9.37. The van der Waals surface area contributed by atoms with Crippen LogP contribution in [0.1, 0.15) is 18.5 Å². The number of nitrogens with zero attached hydrogens (tertiary/aromatic N) is 2. The quantitative estimate of drug-likeness (QED) is 0.190. The molecule has 2 rings (SSSR count). The van der Waals surface area contributed by atoms with E-state index >= 15 is 0 Å². The Labute approximate surface area is 178 Å². The molecule has 0 aromatic carbocycles. The number of aliphatic hydroxyl groups excluding tert-OH is 1. The van der Waals surface area contributed by atoms with Crippen LogP contribution in [0, 0.1) is 0 Å². The summed E-state index contributed by atoms with van der Waals surface area (Å²) in [6, 6.07) is -4.35. The predicted octanol–water partition coefficient (Wildman–Crippen LogP) is -2.75. The molecule has 0 aliphatic carbocycles. The monoisotopic (exact) mass is 442 g/mol. The number of carbonyl (C=O) groups excluding carboxylic acids is 3. The van der Waals surface area contributed by atoms with E-state index in [2.05, 4.69) is 33.2 Å². The molecule has 0 spiro atoms. The zero-order valence-electron chi connectivity index (χ0n) is 16.2. The van der Waals surface area contributed by atoms with Crippen molar-refractivity contribution in [2.75, 3.05) is 18.9 Å². The highest BCUT2D eigenvalue weighted by molar-refractivity contribution is 7.80. The average molecular weight is 442 g/mol. The molecular formula is C17H26N6O6S. The Hall–Kier alpha value is -2.64. The maximum Gasteiger partial charge on any atom is 0.326 e. The van der Waals surface area contributed by atoms with Crippen LogP contribution in [0.15, 0.2) is 12.5 Å². The second-order valence-electron chi connectivity index (χ2n) is 6.90. The second kappa shape index (κ2) is 10.9. The summed E-state index contributed by atoms with van der Waals surface area (Å²) in [4.78, 5) is 56.9. The molecular weight excluding hydrogens is 416 g/mol. The van der Waals surface area contributed by atoms with E-state index in [1.807, 2.05) is 0 Å². The molecule has 0 radical (unpaired) electrons. The summed E-state index contributed by atoms with van der Waals surface area (Å²) in [6.07, 6.45) is 3.80. The summed E-state index contributed by atoms with van der Waals surface area (Å²) >= 11 is 4.11. The number of carbonyl (C=O) groups is 4. The van der Waals surface area contributed by atoms with Crippen molar-refractivity contribution in [3.63, 3.8) is 0 Å². The number of amides is 3. The third-order valence-electron chi connectivity index (χ3n) is 4.76. The largest absolute Gasteiger partial charge is 0.480 e. The van der Waals surface area contributed by atoms with E-state index < -0.39 is 54.5 Å². The lowest BCUT2D eigenvalue weighted by Crippen LogP contribution is -2.58. The van der Waals surface area contributed by atoms with Gasteiger partial charge in [0, 0.05) is 30.6 Å². The highest BCUT2D eigenvalue weighted by Crippen LogP contribution is 2.19. The van der Waals surface area contributed by atoms with Crippen LogP contribution >= 0.6 is 12.6 Å². The van der Waals surface area contributed by atoms with Gasteiger partial charge in [-0.05, 0) is 12.8 Å². The van der Waals surface area contributed by atoms with Crippen LogP contribution in [0.4, 0.5) is 0 Å². The number of likely N-dealkylation sites (tertiary alicyclic amines) is 1. The van der Waals surface area contributed by atoms with Gasteiger partial charge in [0.2, 0.25) is 17.7 Å². The zero-order chi connectivity index (χ0) is 22.3. The van der Waals surface area contributed by atoms with Crippen molar-refractivity contribution in [3.8, 4) is 0 Å². The van der Waals surface area contributed by atoms with Gasteiger partial charge in [0.25, 0.3) is 0 Å². The summed E-state index contributed by atoms with van der Waals surface area (Å²) < 4.78 is 0. The molecule has 30 heavy (non-hydrogen) atoms. The number of imidazole rings is 1. The van der Waals surface area contributed by atoms with Gasteiger partial charge < -0.3 is 36.5 Å². The van der Waals surface area contributed by atoms with Gasteiger partial charge in [0.05, 0.1) is 12.9 Å². The van der Waals surface area contributed by atoms with Gasteiger partial charge in [-0.15, -0.1) is 0 Å². The second-order valence-corrected chi connectivity index (χ2v) is 7.27. The first-order chi connectivity index (χ1) is 14.3. The van der Waals surface area contributed by atoms with E-state index in [0.717, 1.165) is 0 Å². The highest BCUT2D eigenvalue weighted by Gasteiger charge is 2.38. The molecule has 4 atom stereocenters. The summed E-state index contributed by atoms with van der Waals surface area (Å²) in [5.74, 6) is -3.14. The van der Waals surface area contributed by atoms with Crippen molar-refractivity contribution >= 4 is 36.3 Å². The number of carboxylic acids is 1. The fourth-order valence-electron chi connectivity index (χ4n) is 3.13. The molecule has 166 valence electrons. The average Bonchev–Trinajstić information content (AvgIpc) is 3.41. The van der Waals surface area contributed by atoms with Crippen LogP contribution in [0.25, 0.3) is 0 Å². The Balaban J connectivity index is 2.11. The molecule has 1 fully saturated rings. The van der Waals surface area contributed by atoms with Crippen LogP contribution in [0.5, 0.6) is 0 Å². The first-order valence-corrected chi connectivity index (χ1v) is 10.00. The van der Waals surface area contributed by atoms with Crippen molar-refractivity contribution in [1.82, 2.24) is 25.5 Å². The molecule has 7 N–H and O–H groups in total. The number of aliphatic hydroxyl groups is 1. The van der Waals surface area contributed by atoms with Gasteiger partial charge in [-0.1, -0.05) is 0 Å². The van der Waals surface area contributed by atoms with Crippen LogP contribution in [-0.4, -0.2) is 91.8 Å². The number of aromatic amines is 1. The molecule has 1 aromatic rings. The lowest BCUT2D eigenvalue weighted by molar-refractivity contribution is -0.149. The van der Waals surface area contributed by atoms with Crippen molar-refractivity contribution in [2.45, 2.75) is 43.4 Å². The minimum Gasteiger partial charge on any atom is -0.480 e. The van der Waals surface area contributed by atoms with Crippen molar-refractivity contribution < 1.29 is 29.4 Å². The Morgan fingerprint density at radius 3 is 2.57 bits per heavy atom. The number of aliphatic carboxylic acids is 1. The van der Waals surface area contributed by atoms with E-state index in [9.17, 15) is 24.3 Å². The molecule has 0 saturated carbocycles. The van der Waals surface area contributed by atoms with Crippen LogP contribution < -0.4 is 16.4 Å². The fraction of sp³-hybridized carbons (Fsp3) is 0.588. The summed E-state index contributed by atoms with van der Waals surface area (Å²) in [7, 11) is 0. The maximum absolute atomic E-state index is 12.8. The number of H-pyrrole nitrogens is 1. The highest BCUT2D eigenvalue weighted by atomic mass is 32.1. The Bertz CT molecular complexity index is 760. The van der Waals surface area contributed by atoms with Gasteiger partial charge in [-0.2, -0.15) is 12.6 Å². The zero-order valence-corrected chi connectivity index (χ0v) is 17.0. The van der Waals surface area contributed by atoms with Gasteiger partial charge >= 0.3 is 5.97 Å². The van der Waals surface area contributed by atoms with Crippen LogP contribution in [0.3, 0.4) is 0 Å².